The van der Waals surface area contributed by atoms with Crippen LogP contribution in [0.2, 0.25) is 0 Å². The van der Waals surface area contributed by atoms with Gasteiger partial charge >= 0.3 is 6.09 Å². The molecule has 2 aliphatic heterocycles. The third-order valence-electron chi connectivity index (χ3n) is 4.49. The fourth-order valence-electron chi connectivity index (χ4n) is 3.33. The number of hydrogen-bond donors (Lipinski definition) is 0. The van der Waals surface area contributed by atoms with E-state index < -0.39 is 27.9 Å². The van der Waals surface area contributed by atoms with Crippen molar-refractivity contribution >= 4 is 22.0 Å². The Kier molecular flexibility index (Phi) is 4.86. The zero-order chi connectivity index (χ0) is 18.9. The number of nitrogens with zero attached hydrogens (tertiary/aromatic N) is 2. The zero-order valence-corrected chi connectivity index (χ0v) is 15.2. The smallest absolute Gasteiger partial charge is 0.414 e. The van der Waals surface area contributed by atoms with Crippen molar-refractivity contribution in [2.75, 3.05) is 12.8 Å². The van der Waals surface area contributed by atoms with E-state index in [4.69, 9.17) is 4.74 Å². The Hall–Kier alpha value is -2.61. The van der Waals surface area contributed by atoms with E-state index in [1.807, 2.05) is 30.3 Å². The number of amides is 2. The Morgan fingerprint density at radius 1 is 1.35 bits per heavy atom. The summed E-state index contributed by atoms with van der Waals surface area (Å²) < 4.78 is 30.1. The molecule has 26 heavy (non-hydrogen) atoms. The molecule has 8 heteroatoms. The van der Waals surface area contributed by atoms with Crippen molar-refractivity contribution in [3.8, 4) is 0 Å². The van der Waals surface area contributed by atoms with Gasteiger partial charge in [0.05, 0.1) is 17.9 Å². The van der Waals surface area contributed by atoms with Crippen molar-refractivity contribution in [2.24, 2.45) is 11.8 Å². The molecule has 0 bridgehead atoms. The minimum Gasteiger partial charge on any atom is -0.444 e. The summed E-state index contributed by atoms with van der Waals surface area (Å²) in [7, 11) is -3.76. The van der Waals surface area contributed by atoms with Crippen LogP contribution in [0.15, 0.2) is 54.9 Å². The molecule has 138 valence electrons. The van der Waals surface area contributed by atoms with Crippen LogP contribution in [0.25, 0.3) is 0 Å². The van der Waals surface area contributed by atoms with Crippen LogP contribution in [-0.4, -0.2) is 42.4 Å². The van der Waals surface area contributed by atoms with E-state index in [0.717, 1.165) is 16.1 Å². The lowest BCUT2D eigenvalue weighted by Crippen LogP contribution is -2.34. The van der Waals surface area contributed by atoms with E-state index in [-0.39, 0.29) is 19.1 Å². The van der Waals surface area contributed by atoms with Gasteiger partial charge in [-0.3, -0.25) is 9.69 Å². The summed E-state index contributed by atoms with van der Waals surface area (Å²) in [5.41, 5.74) is 1.17. The Labute approximate surface area is 152 Å². The first-order chi connectivity index (χ1) is 12.3. The van der Waals surface area contributed by atoms with Gasteiger partial charge in [-0.25, -0.2) is 17.5 Å². The van der Waals surface area contributed by atoms with Crippen LogP contribution in [0.4, 0.5) is 4.79 Å². The van der Waals surface area contributed by atoms with E-state index in [2.05, 4.69) is 6.58 Å². The molecule has 2 atom stereocenters. The highest BCUT2D eigenvalue weighted by atomic mass is 32.2. The SMILES string of the molecule is C=CC[C@H]1C(=O)N(S(C)(=O)=O)C2=CN(C(=O)OCc3ccccc3)C[C@@H]21. The zero-order valence-electron chi connectivity index (χ0n) is 14.4. The monoisotopic (exact) mass is 376 g/mol. The topological polar surface area (TPSA) is 84.0 Å². The lowest BCUT2D eigenvalue weighted by atomic mass is 9.92. The molecule has 0 saturated carbocycles. The maximum absolute atomic E-state index is 12.5. The van der Waals surface area contributed by atoms with Crippen molar-refractivity contribution in [1.29, 1.82) is 0 Å². The van der Waals surface area contributed by atoms with Crippen LogP contribution in [0, 0.1) is 11.8 Å². The van der Waals surface area contributed by atoms with Gasteiger partial charge in [0.2, 0.25) is 15.9 Å². The van der Waals surface area contributed by atoms with E-state index >= 15 is 0 Å². The van der Waals surface area contributed by atoms with Crippen molar-refractivity contribution in [2.45, 2.75) is 13.0 Å². The summed E-state index contributed by atoms with van der Waals surface area (Å²) in [5.74, 6) is -1.39. The molecule has 7 nitrogen and oxygen atoms in total. The standard InChI is InChI=1S/C18H20N2O5S/c1-3-7-14-15-10-19(11-16(15)20(17(14)21)26(2,23)24)18(22)25-12-13-8-5-4-6-9-13/h3-6,8-9,11,14-15H,1,7,10,12H2,2H3/t14-,15-/m1/s1. The molecular formula is C18H20N2O5S. The molecule has 2 aliphatic rings. The number of ether oxygens (including phenoxy) is 1. The van der Waals surface area contributed by atoms with E-state index in [9.17, 15) is 18.0 Å². The van der Waals surface area contributed by atoms with Crippen LogP contribution in [0.3, 0.4) is 0 Å². The molecule has 0 aliphatic carbocycles. The van der Waals surface area contributed by atoms with E-state index in [0.29, 0.717) is 12.1 Å². The van der Waals surface area contributed by atoms with Gasteiger partial charge in [0.15, 0.2) is 0 Å². The first-order valence-corrected chi connectivity index (χ1v) is 10.0. The van der Waals surface area contributed by atoms with Crippen LogP contribution < -0.4 is 0 Å². The molecule has 1 saturated heterocycles. The predicted molar refractivity (Wildman–Crippen MR) is 94.9 cm³/mol. The van der Waals surface area contributed by atoms with Crippen molar-refractivity contribution in [1.82, 2.24) is 9.21 Å². The van der Waals surface area contributed by atoms with E-state index in [1.54, 1.807) is 6.08 Å². The maximum atomic E-state index is 12.5. The second kappa shape index (κ2) is 6.95. The van der Waals surface area contributed by atoms with E-state index in [1.165, 1.54) is 11.1 Å². The highest BCUT2D eigenvalue weighted by molar-refractivity contribution is 7.89. The van der Waals surface area contributed by atoms with Gasteiger partial charge < -0.3 is 4.74 Å². The number of carbonyl (C=O) groups excluding carboxylic acids is 2. The fraction of sp³-hybridized carbons (Fsp3) is 0.333. The number of sulfonamides is 1. The minimum absolute atomic E-state index is 0.120. The summed E-state index contributed by atoms with van der Waals surface area (Å²) in [6.45, 7) is 3.96. The highest BCUT2D eigenvalue weighted by Crippen LogP contribution is 2.42. The average Bonchev–Trinajstić information content (AvgIpc) is 3.11. The molecule has 2 heterocycles. The molecule has 2 amide bonds. The highest BCUT2D eigenvalue weighted by Gasteiger charge is 2.51. The van der Waals surface area contributed by atoms with Crippen molar-refractivity contribution in [3.63, 3.8) is 0 Å². The van der Waals surface area contributed by atoms with Crippen LogP contribution in [0.5, 0.6) is 0 Å². The number of rotatable bonds is 5. The summed E-state index contributed by atoms with van der Waals surface area (Å²) in [4.78, 5) is 26.1. The normalized spacial score (nSPS) is 22.2. The van der Waals surface area contributed by atoms with Crippen LogP contribution in [0.1, 0.15) is 12.0 Å². The first kappa shape index (κ1) is 18.2. The van der Waals surface area contributed by atoms with Gasteiger partial charge in [-0.2, -0.15) is 0 Å². The molecule has 1 fully saturated rings. The molecule has 1 aromatic rings. The lowest BCUT2D eigenvalue weighted by molar-refractivity contribution is -0.127. The van der Waals surface area contributed by atoms with Gasteiger partial charge in [-0.15, -0.1) is 6.58 Å². The Bertz CT molecular complexity index is 863. The number of hydrogen-bond acceptors (Lipinski definition) is 5. The number of benzene rings is 1. The largest absolute Gasteiger partial charge is 0.444 e. The first-order valence-electron chi connectivity index (χ1n) is 8.17. The fourth-order valence-corrected chi connectivity index (χ4v) is 4.36. The molecule has 0 N–H and O–H groups in total. The average molecular weight is 376 g/mol. The number of carbonyl (C=O) groups is 2. The number of allylic oxidation sites excluding steroid dienone is 1. The second-order valence-electron chi connectivity index (χ2n) is 6.35. The Morgan fingerprint density at radius 2 is 2.04 bits per heavy atom. The Balaban J connectivity index is 1.77. The third kappa shape index (κ3) is 3.37. The molecule has 0 aromatic heterocycles. The number of fused-ring (bicyclic) bond motifs is 1. The van der Waals surface area contributed by atoms with Gasteiger partial charge in [0.25, 0.3) is 0 Å². The summed E-state index contributed by atoms with van der Waals surface area (Å²) in [6, 6.07) is 9.25. The van der Waals surface area contributed by atoms with Gasteiger partial charge in [0, 0.05) is 18.7 Å². The van der Waals surface area contributed by atoms with Crippen molar-refractivity contribution in [3.05, 3.63) is 60.4 Å². The van der Waals surface area contributed by atoms with Gasteiger partial charge in [0.1, 0.15) is 6.61 Å². The Morgan fingerprint density at radius 3 is 2.65 bits per heavy atom. The summed E-state index contributed by atoms with van der Waals surface area (Å²) >= 11 is 0. The molecule has 3 rings (SSSR count). The second-order valence-corrected chi connectivity index (χ2v) is 8.18. The van der Waals surface area contributed by atoms with Gasteiger partial charge in [-0.05, 0) is 12.0 Å². The van der Waals surface area contributed by atoms with Crippen LogP contribution in [-0.2, 0) is 26.2 Å². The van der Waals surface area contributed by atoms with Gasteiger partial charge in [-0.1, -0.05) is 36.4 Å². The predicted octanol–water partition coefficient (Wildman–Crippen LogP) is 2.09. The molecule has 0 unspecified atom stereocenters. The minimum atomic E-state index is -3.76. The molecular weight excluding hydrogens is 356 g/mol. The molecule has 1 aromatic carbocycles. The maximum Gasteiger partial charge on any atom is 0.414 e. The third-order valence-corrected chi connectivity index (χ3v) is 5.54. The molecule has 0 spiro atoms. The molecule has 0 radical (unpaired) electrons. The lowest BCUT2D eigenvalue weighted by Gasteiger charge is -2.19. The quantitative estimate of drug-likeness (QED) is 0.735. The van der Waals surface area contributed by atoms with Crippen molar-refractivity contribution < 1.29 is 22.7 Å². The summed E-state index contributed by atoms with van der Waals surface area (Å²) in [6.07, 6.45) is 3.74. The van der Waals surface area contributed by atoms with Crippen LogP contribution >= 0.6 is 0 Å². The summed E-state index contributed by atoms with van der Waals surface area (Å²) in [5, 5.41) is 0.